The molecule has 5 rings (SSSR count). The molecule has 3 aromatic rings. The number of hydrogen-bond acceptors (Lipinski definition) is 7. The molecule has 0 radical (unpaired) electrons. The van der Waals surface area contributed by atoms with Crippen LogP contribution in [0.5, 0.6) is 0 Å². The van der Waals surface area contributed by atoms with Crippen LogP contribution in [-0.2, 0) is 6.42 Å². The zero-order chi connectivity index (χ0) is 25.1. The molecule has 3 heterocycles. The molecule has 1 aliphatic heterocycles. The fourth-order valence-electron chi connectivity index (χ4n) is 5.66. The van der Waals surface area contributed by atoms with Gasteiger partial charge in [0, 0.05) is 51.5 Å². The Hall–Kier alpha value is -3.13. The molecule has 1 aromatic carbocycles. The number of halogens is 1. The first-order chi connectivity index (χ1) is 17.5. The summed E-state index contributed by atoms with van der Waals surface area (Å²) in [5, 5.41) is 8.36. The lowest BCUT2D eigenvalue weighted by molar-refractivity contribution is 0.154. The topological polar surface area (TPSA) is 71.2 Å². The van der Waals surface area contributed by atoms with Gasteiger partial charge >= 0.3 is 0 Å². The number of nitrogens with zero attached hydrogens (tertiary/aromatic N) is 6. The van der Waals surface area contributed by atoms with Crippen LogP contribution in [0.25, 0.3) is 11.5 Å². The van der Waals surface area contributed by atoms with Gasteiger partial charge in [-0.05, 0) is 55.2 Å². The first-order valence-electron chi connectivity index (χ1n) is 13.0. The van der Waals surface area contributed by atoms with Crippen LogP contribution in [0.15, 0.2) is 58.8 Å². The molecule has 1 fully saturated rings. The first kappa shape index (κ1) is 24.6. The minimum Gasteiger partial charge on any atom is -0.421 e. The predicted octanol–water partition coefficient (Wildman–Crippen LogP) is 4.89. The molecule has 3 unspecified atom stereocenters. The van der Waals surface area contributed by atoms with Gasteiger partial charge in [0.1, 0.15) is 5.82 Å². The van der Waals surface area contributed by atoms with Crippen molar-refractivity contribution in [2.75, 3.05) is 37.6 Å². The molecule has 0 amide bonds. The number of hydrogen-bond donors (Lipinski definition) is 0. The average molecular weight is 491 g/mol. The van der Waals surface area contributed by atoms with Crippen molar-refractivity contribution < 1.29 is 8.81 Å². The van der Waals surface area contributed by atoms with Crippen LogP contribution >= 0.6 is 0 Å². The first-order valence-corrected chi connectivity index (χ1v) is 13.0. The highest BCUT2D eigenvalue weighted by Crippen LogP contribution is 2.39. The van der Waals surface area contributed by atoms with E-state index >= 15 is 0 Å². The Balaban J connectivity index is 1.23. The van der Waals surface area contributed by atoms with Crippen molar-refractivity contribution in [1.82, 2.24) is 25.1 Å². The lowest BCUT2D eigenvalue weighted by Crippen LogP contribution is -2.49. The van der Waals surface area contributed by atoms with Gasteiger partial charge in [-0.15, -0.1) is 10.2 Å². The molecule has 7 nitrogen and oxygen atoms in total. The van der Waals surface area contributed by atoms with Crippen molar-refractivity contribution in [2.45, 2.75) is 33.6 Å². The van der Waals surface area contributed by atoms with Crippen molar-refractivity contribution in [3.63, 3.8) is 0 Å². The quantitative estimate of drug-likeness (QED) is 0.437. The summed E-state index contributed by atoms with van der Waals surface area (Å²) in [6.45, 7) is 11.9. The highest BCUT2D eigenvalue weighted by atomic mass is 19.1. The summed E-state index contributed by atoms with van der Waals surface area (Å²) < 4.78 is 20.0. The molecule has 3 atom stereocenters. The second kappa shape index (κ2) is 10.9. The van der Waals surface area contributed by atoms with E-state index in [2.05, 4.69) is 56.8 Å². The summed E-state index contributed by atoms with van der Waals surface area (Å²) in [6.07, 6.45) is 7.89. The van der Waals surface area contributed by atoms with Gasteiger partial charge in [0.15, 0.2) is 0 Å². The van der Waals surface area contributed by atoms with E-state index in [4.69, 9.17) is 4.42 Å². The minimum absolute atomic E-state index is 0.249. The van der Waals surface area contributed by atoms with Crippen LogP contribution < -0.4 is 4.90 Å². The number of anilines is 1. The number of allylic oxidation sites excluding steroid dienone is 1. The molecule has 1 saturated heterocycles. The van der Waals surface area contributed by atoms with Crippen LogP contribution in [0, 0.1) is 29.5 Å². The van der Waals surface area contributed by atoms with Crippen LogP contribution in [0.2, 0.25) is 0 Å². The Kier molecular flexibility index (Phi) is 7.41. The van der Waals surface area contributed by atoms with Gasteiger partial charge < -0.3 is 9.32 Å². The zero-order valence-electron chi connectivity index (χ0n) is 21.3. The van der Waals surface area contributed by atoms with E-state index < -0.39 is 0 Å². The molecule has 0 spiro atoms. The Labute approximate surface area is 212 Å². The normalized spacial score (nSPS) is 23.2. The largest absolute Gasteiger partial charge is 0.421 e. The van der Waals surface area contributed by atoms with Crippen molar-refractivity contribution in [3.05, 3.63) is 66.1 Å². The Bertz CT molecular complexity index is 1170. The molecule has 0 saturated carbocycles. The van der Waals surface area contributed by atoms with Gasteiger partial charge in [0.05, 0.1) is 5.56 Å². The fraction of sp³-hybridized carbons (Fsp3) is 0.500. The molecule has 8 heteroatoms. The van der Waals surface area contributed by atoms with Crippen molar-refractivity contribution in [1.29, 1.82) is 0 Å². The third-order valence-electron chi connectivity index (χ3n) is 7.75. The maximum Gasteiger partial charge on any atom is 0.250 e. The van der Waals surface area contributed by atoms with Crippen molar-refractivity contribution in [2.24, 2.45) is 23.7 Å². The van der Waals surface area contributed by atoms with Gasteiger partial charge in [0.25, 0.3) is 5.89 Å². The SMILES string of the molecule is CC1=CC(CN2CCN(c3ncccn3)CC2)C(C(C)C)CC1Cc1nnc(-c2ccccc2F)o1. The van der Waals surface area contributed by atoms with Crippen molar-refractivity contribution >= 4 is 5.95 Å². The van der Waals surface area contributed by atoms with E-state index in [1.54, 1.807) is 18.2 Å². The highest BCUT2D eigenvalue weighted by Gasteiger charge is 2.34. The Morgan fingerprint density at radius 2 is 1.78 bits per heavy atom. The lowest BCUT2D eigenvalue weighted by Gasteiger charge is -2.41. The maximum absolute atomic E-state index is 14.1. The van der Waals surface area contributed by atoms with E-state index in [9.17, 15) is 4.39 Å². The Morgan fingerprint density at radius 3 is 2.50 bits per heavy atom. The second-order valence-electron chi connectivity index (χ2n) is 10.4. The fourth-order valence-corrected chi connectivity index (χ4v) is 5.66. The molecular weight excluding hydrogens is 455 g/mol. The molecular formula is C28H35FN6O. The number of aromatic nitrogens is 4. The van der Waals surface area contributed by atoms with Crippen LogP contribution in [0.4, 0.5) is 10.3 Å². The van der Waals surface area contributed by atoms with E-state index in [-0.39, 0.29) is 11.7 Å². The number of piperazine rings is 1. The van der Waals surface area contributed by atoms with Crippen LogP contribution in [0.1, 0.15) is 33.1 Å². The third-order valence-corrected chi connectivity index (χ3v) is 7.75. The van der Waals surface area contributed by atoms with Crippen LogP contribution in [-0.4, -0.2) is 57.8 Å². The summed E-state index contributed by atoms with van der Waals surface area (Å²) in [6, 6.07) is 8.38. The summed E-state index contributed by atoms with van der Waals surface area (Å²) in [5.74, 6) is 3.35. The minimum atomic E-state index is -0.346. The van der Waals surface area contributed by atoms with E-state index in [1.165, 1.54) is 11.6 Å². The molecule has 36 heavy (non-hydrogen) atoms. The average Bonchev–Trinajstić information content (AvgIpc) is 3.35. The molecule has 0 bridgehead atoms. The van der Waals surface area contributed by atoms with Crippen molar-refractivity contribution in [3.8, 4) is 11.5 Å². The molecule has 1 aliphatic carbocycles. The van der Waals surface area contributed by atoms with E-state index in [0.717, 1.165) is 45.1 Å². The monoisotopic (exact) mass is 490 g/mol. The highest BCUT2D eigenvalue weighted by molar-refractivity contribution is 5.53. The standard InChI is InChI=1S/C28H35FN6O/c1-19(2)24-16-21(17-26-32-33-27(36-26)23-7-4-5-8-25(23)29)20(3)15-22(24)18-34-11-13-35(14-12-34)28-30-9-6-10-31-28/h4-10,15,19,21-22,24H,11-14,16-18H2,1-3H3. The van der Waals surface area contributed by atoms with Gasteiger partial charge in [-0.1, -0.05) is 37.6 Å². The summed E-state index contributed by atoms with van der Waals surface area (Å²) in [4.78, 5) is 13.7. The van der Waals surface area contributed by atoms with E-state index in [0.29, 0.717) is 41.5 Å². The number of benzene rings is 1. The molecule has 0 N–H and O–H groups in total. The molecule has 2 aromatic heterocycles. The smallest absolute Gasteiger partial charge is 0.250 e. The third kappa shape index (κ3) is 5.48. The predicted molar refractivity (Wildman–Crippen MR) is 138 cm³/mol. The van der Waals surface area contributed by atoms with Gasteiger partial charge in [-0.25, -0.2) is 14.4 Å². The second-order valence-corrected chi connectivity index (χ2v) is 10.4. The van der Waals surface area contributed by atoms with Gasteiger partial charge in [0.2, 0.25) is 11.8 Å². The summed E-state index contributed by atoms with van der Waals surface area (Å²) in [5.41, 5.74) is 1.74. The van der Waals surface area contributed by atoms with Gasteiger partial charge in [-0.3, -0.25) is 4.90 Å². The lowest BCUT2D eigenvalue weighted by atomic mass is 9.69. The zero-order valence-corrected chi connectivity index (χ0v) is 21.3. The summed E-state index contributed by atoms with van der Waals surface area (Å²) in [7, 11) is 0. The van der Waals surface area contributed by atoms with E-state index in [1.807, 2.05) is 18.5 Å². The molecule has 2 aliphatic rings. The maximum atomic E-state index is 14.1. The number of rotatable bonds is 7. The Morgan fingerprint density at radius 1 is 1.03 bits per heavy atom. The summed E-state index contributed by atoms with van der Waals surface area (Å²) >= 11 is 0. The molecule has 190 valence electrons. The van der Waals surface area contributed by atoms with Crippen LogP contribution in [0.3, 0.4) is 0 Å². The van der Waals surface area contributed by atoms with Gasteiger partial charge in [-0.2, -0.15) is 0 Å².